The summed E-state index contributed by atoms with van der Waals surface area (Å²) in [6, 6.07) is 0. The molecule has 0 amide bonds. The maximum atomic E-state index is 10.7. The first-order chi connectivity index (χ1) is 6.65. The molecule has 0 heterocycles. The quantitative estimate of drug-likeness (QED) is 0.319. The molecule has 0 N–H and O–H groups in total. The first-order valence-corrected chi connectivity index (χ1v) is 5.20. The Morgan fingerprint density at radius 1 is 1.64 bits per heavy atom. The van der Waals surface area contributed by atoms with E-state index in [9.17, 15) is 4.79 Å². The van der Waals surface area contributed by atoms with E-state index in [0.29, 0.717) is 5.71 Å². The predicted molar refractivity (Wildman–Crippen MR) is 56.9 cm³/mol. The Labute approximate surface area is 92.7 Å². The Hall–Kier alpha value is -0.540. The van der Waals surface area contributed by atoms with Crippen LogP contribution in [0.3, 0.4) is 0 Å². The van der Waals surface area contributed by atoms with Crippen LogP contribution in [0.15, 0.2) is 17.8 Å². The molecule has 1 aliphatic rings. The van der Waals surface area contributed by atoms with Gasteiger partial charge in [0.25, 0.3) is 0 Å². The third-order valence-electron chi connectivity index (χ3n) is 1.97. The Balaban J connectivity index is 2.57. The van der Waals surface area contributed by atoms with E-state index in [1.807, 2.05) is 0 Å². The maximum absolute atomic E-state index is 10.7. The molecule has 0 aliphatic heterocycles. The lowest BCUT2D eigenvalue weighted by Gasteiger charge is -2.22. The van der Waals surface area contributed by atoms with Crippen molar-refractivity contribution in [3.8, 4) is 0 Å². The standard InChI is InChI=1S/C9H11Cl2NO2/c1-2-8(13)14-12-7-5-3-4-6(10)9(7)11/h2,6,9H,1,3-5H2. The summed E-state index contributed by atoms with van der Waals surface area (Å²) in [5.41, 5.74) is 0.633. The van der Waals surface area contributed by atoms with Crippen LogP contribution in [-0.2, 0) is 9.63 Å². The molecule has 0 radical (unpaired) electrons. The summed E-state index contributed by atoms with van der Waals surface area (Å²) in [5.74, 6) is -0.585. The van der Waals surface area contributed by atoms with Crippen molar-refractivity contribution in [1.82, 2.24) is 0 Å². The molecule has 5 heteroatoms. The van der Waals surface area contributed by atoms with Gasteiger partial charge in [-0.2, -0.15) is 0 Å². The summed E-state index contributed by atoms with van der Waals surface area (Å²) in [6.45, 7) is 3.26. The second-order valence-corrected chi connectivity index (χ2v) is 4.04. The average molecular weight is 236 g/mol. The van der Waals surface area contributed by atoms with Crippen LogP contribution in [0.2, 0.25) is 0 Å². The Bertz CT molecular complexity index is 266. The molecule has 0 aromatic rings. The monoisotopic (exact) mass is 235 g/mol. The number of halogens is 2. The van der Waals surface area contributed by atoms with Crippen molar-refractivity contribution in [2.75, 3.05) is 0 Å². The molecule has 2 unspecified atom stereocenters. The molecule has 0 bridgehead atoms. The molecule has 0 aromatic carbocycles. The fourth-order valence-electron chi connectivity index (χ4n) is 1.21. The van der Waals surface area contributed by atoms with Crippen LogP contribution in [0, 0.1) is 0 Å². The molecular weight excluding hydrogens is 225 g/mol. The molecule has 14 heavy (non-hydrogen) atoms. The lowest BCUT2D eigenvalue weighted by atomic mass is 9.98. The second-order valence-electron chi connectivity index (χ2n) is 3.01. The van der Waals surface area contributed by atoms with Crippen LogP contribution in [0.4, 0.5) is 0 Å². The first kappa shape index (κ1) is 11.5. The molecule has 1 rings (SSSR count). The van der Waals surface area contributed by atoms with Crippen LogP contribution in [0.1, 0.15) is 19.3 Å². The number of carbonyl (C=O) groups is 1. The largest absolute Gasteiger partial charge is 0.357 e. The van der Waals surface area contributed by atoms with Crippen molar-refractivity contribution in [1.29, 1.82) is 0 Å². The maximum Gasteiger partial charge on any atom is 0.357 e. The van der Waals surface area contributed by atoms with E-state index in [2.05, 4.69) is 16.6 Å². The third kappa shape index (κ3) is 3.00. The predicted octanol–water partition coefficient (Wildman–Crippen LogP) is 2.47. The Kier molecular flexibility index (Phi) is 4.42. The fourth-order valence-corrected chi connectivity index (χ4v) is 1.78. The van der Waals surface area contributed by atoms with Gasteiger partial charge in [0.2, 0.25) is 0 Å². The first-order valence-electron chi connectivity index (χ1n) is 4.33. The zero-order chi connectivity index (χ0) is 10.6. The molecule has 0 aromatic heterocycles. The molecule has 3 nitrogen and oxygen atoms in total. The van der Waals surface area contributed by atoms with Gasteiger partial charge in [0, 0.05) is 6.08 Å². The number of alkyl halides is 2. The van der Waals surface area contributed by atoms with Crippen LogP contribution >= 0.6 is 23.2 Å². The van der Waals surface area contributed by atoms with Crippen molar-refractivity contribution in [3.63, 3.8) is 0 Å². The van der Waals surface area contributed by atoms with E-state index < -0.39 is 5.97 Å². The number of hydrogen-bond donors (Lipinski definition) is 0. The molecule has 1 aliphatic carbocycles. The summed E-state index contributed by atoms with van der Waals surface area (Å²) in [4.78, 5) is 15.3. The van der Waals surface area contributed by atoms with Crippen molar-refractivity contribution in [2.45, 2.75) is 30.0 Å². The van der Waals surface area contributed by atoms with Gasteiger partial charge in [-0.05, 0) is 19.3 Å². The van der Waals surface area contributed by atoms with Gasteiger partial charge in [-0.3, -0.25) is 0 Å². The summed E-state index contributed by atoms with van der Waals surface area (Å²) in [6.07, 6.45) is 3.56. The molecule has 1 fully saturated rings. The second kappa shape index (κ2) is 5.37. The van der Waals surface area contributed by atoms with Crippen molar-refractivity contribution >= 4 is 34.9 Å². The van der Waals surface area contributed by atoms with Crippen LogP contribution in [0.5, 0.6) is 0 Å². The summed E-state index contributed by atoms with van der Waals surface area (Å²) in [5, 5.41) is 3.19. The van der Waals surface area contributed by atoms with Gasteiger partial charge < -0.3 is 4.84 Å². The summed E-state index contributed by atoms with van der Waals surface area (Å²) in [7, 11) is 0. The van der Waals surface area contributed by atoms with Gasteiger partial charge in [-0.1, -0.05) is 11.7 Å². The zero-order valence-electron chi connectivity index (χ0n) is 7.58. The minimum Gasteiger partial charge on any atom is -0.314 e. The van der Waals surface area contributed by atoms with E-state index in [0.717, 1.165) is 25.3 Å². The lowest BCUT2D eigenvalue weighted by Crippen LogP contribution is -2.30. The highest BCUT2D eigenvalue weighted by atomic mass is 35.5. The molecule has 78 valence electrons. The molecule has 0 spiro atoms. The average Bonchev–Trinajstić information content (AvgIpc) is 2.20. The highest BCUT2D eigenvalue weighted by Crippen LogP contribution is 2.25. The number of nitrogens with zero attached hydrogens (tertiary/aromatic N) is 1. The summed E-state index contributed by atoms with van der Waals surface area (Å²) >= 11 is 11.9. The smallest absolute Gasteiger partial charge is 0.314 e. The highest BCUT2D eigenvalue weighted by molar-refractivity contribution is 6.38. The van der Waals surface area contributed by atoms with Gasteiger partial charge in [-0.15, -0.1) is 23.2 Å². The van der Waals surface area contributed by atoms with Gasteiger partial charge in [0.15, 0.2) is 0 Å². The van der Waals surface area contributed by atoms with E-state index in [1.54, 1.807) is 0 Å². The van der Waals surface area contributed by atoms with Crippen LogP contribution in [-0.4, -0.2) is 22.4 Å². The normalized spacial score (nSPS) is 30.0. The summed E-state index contributed by atoms with van der Waals surface area (Å²) < 4.78 is 0. The topological polar surface area (TPSA) is 38.7 Å². The van der Waals surface area contributed by atoms with Gasteiger partial charge in [0.1, 0.15) is 0 Å². The Morgan fingerprint density at radius 3 is 3.00 bits per heavy atom. The van der Waals surface area contributed by atoms with E-state index in [1.165, 1.54) is 0 Å². The van der Waals surface area contributed by atoms with Crippen LogP contribution in [0.25, 0.3) is 0 Å². The number of oxime groups is 1. The van der Waals surface area contributed by atoms with Gasteiger partial charge >= 0.3 is 5.97 Å². The Morgan fingerprint density at radius 2 is 2.36 bits per heavy atom. The van der Waals surface area contributed by atoms with E-state index in [4.69, 9.17) is 23.2 Å². The SMILES string of the molecule is C=CC(=O)ON=C1CCCC(Cl)C1Cl. The van der Waals surface area contributed by atoms with Crippen LogP contribution < -0.4 is 0 Å². The third-order valence-corrected chi connectivity index (χ3v) is 3.12. The molecular formula is C9H11Cl2NO2. The van der Waals surface area contributed by atoms with Crippen molar-refractivity contribution < 1.29 is 9.63 Å². The van der Waals surface area contributed by atoms with E-state index >= 15 is 0 Å². The molecule has 2 atom stereocenters. The zero-order valence-corrected chi connectivity index (χ0v) is 9.09. The lowest BCUT2D eigenvalue weighted by molar-refractivity contribution is -0.137. The minimum atomic E-state index is -0.585. The van der Waals surface area contributed by atoms with E-state index in [-0.39, 0.29) is 10.8 Å². The number of hydrogen-bond acceptors (Lipinski definition) is 3. The van der Waals surface area contributed by atoms with Gasteiger partial charge in [-0.25, -0.2) is 4.79 Å². The highest BCUT2D eigenvalue weighted by Gasteiger charge is 2.27. The number of rotatable bonds is 2. The fraction of sp³-hybridized carbons (Fsp3) is 0.556. The van der Waals surface area contributed by atoms with Crippen molar-refractivity contribution in [2.24, 2.45) is 5.16 Å². The molecule has 1 saturated carbocycles. The number of carbonyl (C=O) groups excluding carboxylic acids is 1. The van der Waals surface area contributed by atoms with Gasteiger partial charge in [0.05, 0.1) is 16.5 Å². The molecule has 0 saturated heterocycles. The van der Waals surface area contributed by atoms with Crippen molar-refractivity contribution in [3.05, 3.63) is 12.7 Å². The minimum absolute atomic E-state index is 0.133.